The van der Waals surface area contributed by atoms with Crippen LogP contribution < -0.4 is 10.2 Å². The zero-order valence-electron chi connectivity index (χ0n) is 13.7. The highest BCUT2D eigenvalue weighted by atomic mass is 19.1. The molecule has 2 aromatic carbocycles. The minimum Gasteiger partial charge on any atom is -0.356 e. The summed E-state index contributed by atoms with van der Waals surface area (Å²) in [6.07, 6.45) is 3.49. The molecule has 1 saturated heterocycles. The SMILES string of the molecule is Fc1ccc(Nc2nc(N3CCCCC3)c3ccccc3n2)c(F)c1. The third-order valence-corrected chi connectivity index (χ3v) is 4.42. The van der Waals surface area contributed by atoms with E-state index in [9.17, 15) is 8.78 Å². The molecule has 6 heteroatoms. The molecule has 1 N–H and O–H groups in total. The molecular formula is C19H18F2N4. The Balaban J connectivity index is 1.76. The Morgan fingerprint density at radius 2 is 1.72 bits per heavy atom. The fourth-order valence-corrected chi connectivity index (χ4v) is 3.17. The number of nitrogens with one attached hydrogen (secondary N) is 1. The van der Waals surface area contributed by atoms with Gasteiger partial charge in [0.05, 0.1) is 11.2 Å². The summed E-state index contributed by atoms with van der Waals surface area (Å²) in [7, 11) is 0. The monoisotopic (exact) mass is 340 g/mol. The second-order valence-electron chi connectivity index (χ2n) is 6.18. The Morgan fingerprint density at radius 3 is 2.52 bits per heavy atom. The van der Waals surface area contributed by atoms with Gasteiger partial charge in [0.2, 0.25) is 5.95 Å². The molecule has 0 atom stereocenters. The number of hydrogen-bond acceptors (Lipinski definition) is 4. The number of fused-ring (bicyclic) bond motifs is 1. The fraction of sp³-hybridized carbons (Fsp3) is 0.263. The van der Waals surface area contributed by atoms with Crippen LogP contribution in [0.25, 0.3) is 10.9 Å². The van der Waals surface area contributed by atoms with Crippen LogP contribution in [0.2, 0.25) is 0 Å². The maximum Gasteiger partial charge on any atom is 0.229 e. The van der Waals surface area contributed by atoms with Gasteiger partial charge in [0.1, 0.15) is 17.5 Å². The highest BCUT2D eigenvalue weighted by Gasteiger charge is 2.17. The molecule has 25 heavy (non-hydrogen) atoms. The van der Waals surface area contributed by atoms with E-state index in [0.717, 1.165) is 48.7 Å². The maximum atomic E-state index is 13.9. The highest BCUT2D eigenvalue weighted by molar-refractivity contribution is 5.90. The van der Waals surface area contributed by atoms with Crippen LogP contribution in [0.1, 0.15) is 19.3 Å². The number of para-hydroxylation sites is 1. The smallest absolute Gasteiger partial charge is 0.229 e. The first-order valence-corrected chi connectivity index (χ1v) is 8.44. The Hall–Kier alpha value is -2.76. The highest BCUT2D eigenvalue weighted by Crippen LogP contribution is 2.29. The summed E-state index contributed by atoms with van der Waals surface area (Å²) in [4.78, 5) is 11.4. The summed E-state index contributed by atoms with van der Waals surface area (Å²) in [6, 6.07) is 11.2. The summed E-state index contributed by atoms with van der Waals surface area (Å²) in [6.45, 7) is 1.90. The zero-order valence-corrected chi connectivity index (χ0v) is 13.7. The molecule has 0 spiro atoms. The lowest BCUT2D eigenvalue weighted by atomic mass is 10.1. The van der Waals surface area contributed by atoms with Gasteiger partial charge in [-0.25, -0.2) is 13.8 Å². The summed E-state index contributed by atoms with van der Waals surface area (Å²) in [5.41, 5.74) is 0.948. The van der Waals surface area contributed by atoms with E-state index < -0.39 is 11.6 Å². The van der Waals surface area contributed by atoms with Gasteiger partial charge in [-0.2, -0.15) is 4.98 Å². The van der Waals surface area contributed by atoms with Crippen molar-refractivity contribution in [3.8, 4) is 0 Å². The number of nitrogens with zero attached hydrogens (tertiary/aromatic N) is 3. The summed E-state index contributed by atoms with van der Waals surface area (Å²) in [5, 5.41) is 3.86. The Morgan fingerprint density at radius 1 is 0.920 bits per heavy atom. The van der Waals surface area contributed by atoms with Crippen molar-refractivity contribution in [3.63, 3.8) is 0 Å². The van der Waals surface area contributed by atoms with Gasteiger partial charge in [0.25, 0.3) is 0 Å². The van der Waals surface area contributed by atoms with E-state index in [1.165, 1.54) is 18.6 Å². The van der Waals surface area contributed by atoms with Crippen molar-refractivity contribution in [2.75, 3.05) is 23.3 Å². The van der Waals surface area contributed by atoms with Crippen LogP contribution in [-0.4, -0.2) is 23.1 Å². The molecule has 0 unspecified atom stereocenters. The first kappa shape index (κ1) is 15.7. The van der Waals surface area contributed by atoms with E-state index in [1.807, 2.05) is 24.3 Å². The van der Waals surface area contributed by atoms with Gasteiger partial charge >= 0.3 is 0 Å². The summed E-state index contributed by atoms with van der Waals surface area (Å²) in [5.74, 6) is -0.118. The molecule has 0 bridgehead atoms. The van der Waals surface area contributed by atoms with Gasteiger partial charge in [0.15, 0.2) is 0 Å². The molecular weight excluding hydrogens is 322 g/mol. The van der Waals surface area contributed by atoms with Crippen molar-refractivity contribution in [3.05, 3.63) is 54.1 Å². The Kier molecular flexibility index (Phi) is 4.17. The van der Waals surface area contributed by atoms with Crippen molar-refractivity contribution >= 4 is 28.4 Å². The topological polar surface area (TPSA) is 41.1 Å². The first-order chi connectivity index (χ1) is 12.2. The normalized spacial score (nSPS) is 14.7. The number of aromatic nitrogens is 2. The molecule has 0 saturated carbocycles. The standard InChI is InChI=1S/C19H18F2N4/c20-13-8-9-17(15(21)12-13)23-19-22-16-7-3-2-6-14(16)18(24-19)25-10-4-1-5-11-25/h2-3,6-9,12H,1,4-5,10-11H2,(H,22,23,24). The average molecular weight is 340 g/mol. The van der Waals surface area contributed by atoms with Crippen LogP contribution in [0, 0.1) is 11.6 Å². The molecule has 4 rings (SSSR count). The van der Waals surface area contributed by atoms with E-state index in [4.69, 9.17) is 0 Å². The van der Waals surface area contributed by atoms with Gasteiger partial charge < -0.3 is 10.2 Å². The van der Waals surface area contributed by atoms with Gasteiger partial charge in [-0.05, 0) is 43.5 Å². The van der Waals surface area contributed by atoms with Crippen LogP contribution in [0.15, 0.2) is 42.5 Å². The Labute approximate surface area is 144 Å². The molecule has 0 radical (unpaired) electrons. The number of hydrogen-bond donors (Lipinski definition) is 1. The predicted molar refractivity (Wildman–Crippen MR) is 95.2 cm³/mol. The molecule has 0 amide bonds. The van der Waals surface area contributed by atoms with E-state index in [0.29, 0.717) is 5.95 Å². The molecule has 1 fully saturated rings. The maximum absolute atomic E-state index is 13.9. The van der Waals surface area contributed by atoms with Gasteiger partial charge in [-0.3, -0.25) is 0 Å². The third-order valence-electron chi connectivity index (χ3n) is 4.42. The van der Waals surface area contributed by atoms with Crippen LogP contribution >= 0.6 is 0 Å². The third kappa shape index (κ3) is 3.24. The average Bonchev–Trinajstić information content (AvgIpc) is 2.64. The number of benzene rings is 2. The summed E-state index contributed by atoms with van der Waals surface area (Å²) >= 11 is 0. The fourth-order valence-electron chi connectivity index (χ4n) is 3.17. The number of rotatable bonds is 3. The van der Waals surface area contributed by atoms with Crippen LogP contribution in [0.5, 0.6) is 0 Å². The molecule has 0 aliphatic carbocycles. The lowest BCUT2D eigenvalue weighted by Gasteiger charge is -2.29. The zero-order chi connectivity index (χ0) is 17.2. The second-order valence-corrected chi connectivity index (χ2v) is 6.18. The van der Waals surface area contributed by atoms with E-state index in [-0.39, 0.29) is 5.69 Å². The number of piperidine rings is 1. The van der Waals surface area contributed by atoms with Crippen LogP contribution in [-0.2, 0) is 0 Å². The molecule has 128 valence electrons. The van der Waals surface area contributed by atoms with Gasteiger partial charge in [-0.15, -0.1) is 0 Å². The van der Waals surface area contributed by atoms with Crippen LogP contribution in [0.3, 0.4) is 0 Å². The van der Waals surface area contributed by atoms with Gasteiger partial charge in [-0.1, -0.05) is 12.1 Å². The van der Waals surface area contributed by atoms with Gasteiger partial charge in [0, 0.05) is 24.5 Å². The first-order valence-electron chi connectivity index (χ1n) is 8.44. The number of anilines is 3. The number of halogens is 2. The summed E-state index contributed by atoms with van der Waals surface area (Å²) < 4.78 is 27.0. The van der Waals surface area contributed by atoms with E-state index in [2.05, 4.69) is 20.2 Å². The minimum atomic E-state index is -0.670. The van der Waals surface area contributed by atoms with Crippen molar-refractivity contribution in [2.24, 2.45) is 0 Å². The van der Waals surface area contributed by atoms with E-state index in [1.54, 1.807) is 0 Å². The molecule has 1 aromatic heterocycles. The minimum absolute atomic E-state index is 0.154. The molecule has 1 aliphatic rings. The molecule has 4 nitrogen and oxygen atoms in total. The second kappa shape index (κ2) is 6.63. The van der Waals surface area contributed by atoms with Crippen molar-refractivity contribution in [1.29, 1.82) is 0 Å². The molecule has 1 aliphatic heterocycles. The van der Waals surface area contributed by atoms with Crippen molar-refractivity contribution in [2.45, 2.75) is 19.3 Å². The molecule has 3 aromatic rings. The molecule has 2 heterocycles. The lowest BCUT2D eigenvalue weighted by molar-refractivity contribution is 0.574. The quantitative estimate of drug-likeness (QED) is 0.754. The van der Waals surface area contributed by atoms with Crippen LogP contribution in [0.4, 0.5) is 26.2 Å². The largest absolute Gasteiger partial charge is 0.356 e. The lowest BCUT2D eigenvalue weighted by Crippen LogP contribution is -2.30. The Bertz CT molecular complexity index is 907. The van der Waals surface area contributed by atoms with Crippen molar-refractivity contribution in [1.82, 2.24) is 9.97 Å². The predicted octanol–water partition coefficient (Wildman–Crippen LogP) is 4.64. The van der Waals surface area contributed by atoms with E-state index >= 15 is 0 Å². The van der Waals surface area contributed by atoms with Crippen molar-refractivity contribution < 1.29 is 8.78 Å².